The molecular weight excluding hydrogens is 985 g/mol. The number of hydrogen-bond donors (Lipinski definition) is 3. The lowest BCUT2D eigenvalue weighted by molar-refractivity contribution is -0.151. The number of carbonyl (C=O) groups excluding carboxylic acids is 4. The number of furan rings is 2. The number of benzene rings is 2. The Balaban J connectivity index is 0.000000241. The fourth-order valence-corrected chi connectivity index (χ4v) is 9.04. The second-order valence-electron chi connectivity index (χ2n) is 16.8. The van der Waals surface area contributed by atoms with Crippen molar-refractivity contribution < 1.29 is 68.3 Å². The summed E-state index contributed by atoms with van der Waals surface area (Å²) in [6.45, 7) is 0.463. The maximum Gasteiger partial charge on any atom is 0.328 e. The SMILES string of the molecule is CNC(=O)c1c(-c2ccc(F)cc2)oc2nc(N(C)S(C)(=O)=O)c(CCCC(=O)N3CCCC3C(=O)OC)cc12.CNC(=O)c1c(-c2ccc(F)cc2)oc2nc(N(C)S(C)(=O)=O)c(CCCC(=O)O)cc12. The van der Waals surface area contributed by atoms with Gasteiger partial charge in [0, 0.05) is 58.7 Å². The van der Waals surface area contributed by atoms with Crippen LogP contribution in [0.1, 0.15) is 70.4 Å². The molecule has 3 N–H and O–H groups in total. The molecule has 6 aromatic rings. The van der Waals surface area contributed by atoms with Crippen LogP contribution in [0.4, 0.5) is 20.4 Å². The molecule has 1 fully saturated rings. The van der Waals surface area contributed by atoms with E-state index in [4.69, 9.17) is 18.7 Å². The zero-order valence-corrected chi connectivity index (χ0v) is 42.0. The summed E-state index contributed by atoms with van der Waals surface area (Å²) in [5.41, 5.74) is 2.19. The Morgan fingerprint density at radius 1 is 0.736 bits per heavy atom. The molecule has 384 valence electrons. The number of aliphatic carboxylic acids is 1. The summed E-state index contributed by atoms with van der Waals surface area (Å²) in [6, 6.07) is 13.4. The number of amides is 3. The van der Waals surface area contributed by atoms with E-state index in [1.807, 2.05) is 0 Å². The minimum atomic E-state index is -3.72. The first-order chi connectivity index (χ1) is 34.0. The summed E-state index contributed by atoms with van der Waals surface area (Å²) in [5.74, 6) is -2.99. The van der Waals surface area contributed by atoms with Crippen LogP contribution in [0.5, 0.6) is 0 Å². The van der Waals surface area contributed by atoms with E-state index in [1.54, 1.807) is 12.1 Å². The molecule has 1 saturated heterocycles. The Bertz CT molecular complexity index is 3270. The van der Waals surface area contributed by atoms with Gasteiger partial charge in [0.05, 0.1) is 41.5 Å². The number of rotatable bonds is 17. The Labute approximate surface area is 413 Å². The monoisotopic (exact) mass is 1040 g/mol. The first kappa shape index (κ1) is 53.9. The normalized spacial score (nSPS) is 13.6. The largest absolute Gasteiger partial charge is 0.481 e. The van der Waals surface area contributed by atoms with Gasteiger partial charge in [0.25, 0.3) is 11.8 Å². The third-order valence-corrected chi connectivity index (χ3v) is 14.2. The molecule has 1 atom stereocenters. The lowest BCUT2D eigenvalue weighted by Crippen LogP contribution is -2.41. The molecule has 1 aliphatic rings. The number of aryl methyl sites for hydroxylation is 2. The summed E-state index contributed by atoms with van der Waals surface area (Å²) in [6.07, 6.45) is 4.34. The van der Waals surface area contributed by atoms with Crippen molar-refractivity contribution >= 4 is 83.5 Å². The summed E-state index contributed by atoms with van der Waals surface area (Å²) in [4.78, 5) is 71.9. The number of hydrogen-bond acceptors (Lipinski definition) is 14. The molecule has 72 heavy (non-hydrogen) atoms. The van der Waals surface area contributed by atoms with Crippen LogP contribution in [0, 0.1) is 11.6 Å². The van der Waals surface area contributed by atoms with Crippen LogP contribution in [-0.2, 0) is 52.0 Å². The molecule has 7 rings (SSSR count). The van der Waals surface area contributed by atoms with Crippen LogP contribution in [0.3, 0.4) is 0 Å². The van der Waals surface area contributed by atoms with E-state index < -0.39 is 61.5 Å². The number of carboxylic acids is 1. The van der Waals surface area contributed by atoms with Crippen molar-refractivity contribution in [2.75, 3.05) is 63.0 Å². The number of methoxy groups -OCH3 is 1. The highest BCUT2D eigenvalue weighted by Crippen LogP contribution is 2.38. The standard InChI is InChI=1S/C27H31FN4O7S.C21H22FN3O6S/c1-29-25(34)22-19-15-17(7-5-9-21(33)32-14-6-8-20(32)27(35)38-3)24(31(2)40(4,36)37)30-26(19)39-23(22)16-10-12-18(28)13-11-16;1-23-20(28)17-15-11-13(5-4-6-16(26)27)19(25(2)32(3,29)30)24-21(15)31-18(17)12-7-9-14(22)10-8-12/h10-13,15,20H,5-9,14H2,1-4H3,(H,29,34);7-11H,4-6H2,1-3H3,(H,23,28)(H,26,27). The van der Waals surface area contributed by atoms with Crippen molar-refractivity contribution in [1.82, 2.24) is 25.5 Å². The van der Waals surface area contributed by atoms with E-state index in [0.29, 0.717) is 58.8 Å². The smallest absolute Gasteiger partial charge is 0.328 e. The molecule has 0 bridgehead atoms. The van der Waals surface area contributed by atoms with Crippen molar-refractivity contribution in [2.45, 2.75) is 57.4 Å². The topological polar surface area (TPSA) is 269 Å². The number of likely N-dealkylation sites (tertiary alicyclic amines) is 1. The fourth-order valence-electron chi connectivity index (χ4n) is 8.10. The highest BCUT2D eigenvalue weighted by Gasteiger charge is 2.35. The van der Waals surface area contributed by atoms with Crippen LogP contribution >= 0.6 is 0 Å². The number of carboxylic acid groups (broad SMARTS) is 1. The van der Waals surface area contributed by atoms with E-state index in [1.165, 1.54) is 88.7 Å². The number of nitrogens with one attached hydrogen (secondary N) is 2. The molecule has 5 heterocycles. The molecule has 0 radical (unpaired) electrons. The zero-order valence-electron chi connectivity index (χ0n) is 40.4. The highest BCUT2D eigenvalue weighted by atomic mass is 32.2. The Morgan fingerprint density at radius 3 is 1.53 bits per heavy atom. The minimum absolute atomic E-state index is 0.0235. The number of pyridine rings is 2. The second-order valence-corrected chi connectivity index (χ2v) is 20.8. The van der Waals surface area contributed by atoms with E-state index >= 15 is 0 Å². The third kappa shape index (κ3) is 12.0. The van der Waals surface area contributed by atoms with E-state index in [0.717, 1.165) is 21.1 Å². The van der Waals surface area contributed by atoms with Gasteiger partial charge >= 0.3 is 11.9 Å². The summed E-state index contributed by atoms with van der Waals surface area (Å²) in [7, 11) is -0.522. The van der Waals surface area contributed by atoms with Gasteiger partial charge in [-0.25, -0.2) is 30.4 Å². The number of sulfonamides is 2. The summed E-state index contributed by atoms with van der Waals surface area (Å²) in [5, 5.41) is 14.7. The van der Waals surface area contributed by atoms with Crippen molar-refractivity contribution in [3.63, 3.8) is 0 Å². The van der Waals surface area contributed by atoms with Crippen LogP contribution in [-0.4, -0.2) is 127 Å². The first-order valence-electron chi connectivity index (χ1n) is 22.3. The molecular formula is C48H53F2N7O13S2. The van der Waals surface area contributed by atoms with Crippen LogP contribution in [0.15, 0.2) is 69.5 Å². The molecule has 0 spiro atoms. The summed E-state index contributed by atoms with van der Waals surface area (Å²) < 4.78 is 94.7. The Kier molecular flexibility index (Phi) is 16.7. The fraction of sp³-hybridized carbons (Fsp3) is 0.354. The third-order valence-electron chi connectivity index (χ3n) is 11.9. The lowest BCUT2D eigenvalue weighted by atomic mass is 10.0. The second kappa shape index (κ2) is 22.3. The predicted octanol–water partition coefficient (Wildman–Crippen LogP) is 5.67. The van der Waals surface area contributed by atoms with Gasteiger partial charge < -0.3 is 34.2 Å². The van der Waals surface area contributed by atoms with Crippen LogP contribution in [0.2, 0.25) is 0 Å². The molecule has 0 aliphatic carbocycles. The predicted molar refractivity (Wildman–Crippen MR) is 262 cm³/mol. The number of aromatic nitrogens is 2. The Morgan fingerprint density at radius 2 is 1.15 bits per heavy atom. The van der Waals surface area contributed by atoms with Crippen molar-refractivity contribution in [1.29, 1.82) is 0 Å². The van der Waals surface area contributed by atoms with Gasteiger partial charge in [-0.2, -0.15) is 9.97 Å². The van der Waals surface area contributed by atoms with Crippen LogP contribution < -0.4 is 19.2 Å². The van der Waals surface area contributed by atoms with Gasteiger partial charge in [0.15, 0.2) is 0 Å². The van der Waals surface area contributed by atoms with Gasteiger partial charge in [0.1, 0.15) is 40.8 Å². The average Bonchev–Trinajstić information content (AvgIpc) is 4.08. The number of ether oxygens (including phenoxy) is 1. The molecule has 24 heteroatoms. The Hall–Kier alpha value is -7.47. The molecule has 0 saturated carbocycles. The number of anilines is 2. The van der Waals surface area contributed by atoms with Crippen LogP contribution in [0.25, 0.3) is 44.8 Å². The van der Waals surface area contributed by atoms with Gasteiger partial charge in [-0.3, -0.25) is 27.8 Å². The van der Waals surface area contributed by atoms with E-state index in [2.05, 4.69) is 20.6 Å². The quantitative estimate of drug-likeness (QED) is 0.0929. The highest BCUT2D eigenvalue weighted by molar-refractivity contribution is 7.92. The first-order valence-corrected chi connectivity index (χ1v) is 26.0. The van der Waals surface area contributed by atoms with Gasteiger partial charge in [-0.15, -0.1) is 0 Å². The van der Waals surface area contributed by atoms with E-state index in [-0.39, 0.29) is 83.7 Å². The number of carbonyl (C=O) groups is 5. The van der Waals surface area contributed by atoms with Crippen molar-refractivity contribution in [2.24, 2.45) is 0 Å². The van der Waals surface area contributed by atoms with Gasteiger partial charge in [-0.05, 0) is 110 Å². The minimum Gasteiger partial charge on any atom is -0.481 e. The average molecular weight is 1040 g/mol. The number of nitrogens with zero attached hydrogens (tertiary/aromatic N) is 5. The number of fused-ring (bicyclic) bond motifs is 2. The van der Waals surface area contributed by atoms with Crippen molar-refractivity contribution in [3.8, 4) is 22.6 Å². The zero-order chi connectivity index (χ0) is 52.8. The summed E-state index contributed by atoms with van der Waals surface area (Å²) >= 11 is 0. The molecule has 20 nitrogen and oxygen atoms in total. The number of halogens is 2. The molecule has 4 aromatic heterocycles. The van der Waals surface area contributed by atoms with Crippen molar-refractivity contribution in [3.05, 3.63) is 94.6 Å². The molecule has 2 aromatic carbocycles. The maximum absolute atomic E-state index is 13.6. The molecule has 1 unspecified atom stereocenters. The molecule has 1 aliphatic heterocycles. The van der Waals surface area contributed by atoms with E-state index in [9.17, 15) is 49.6 Å². The number of esters is 1. The lowest BCUT2D eigenvalue weighted by Gasteiger charge is -2.23. The molecule has 3 amide bonds. The maximum atomic E-state index is 13.6. The van der Waals surface area contributed by atoms with Gasteiger partial charge in [-0.1, -0.05) is 0 Å². The van der Waals surface area contributed by atoms with Gasteiger partial charge in [0.2, 0.25) is 37.4 Å².